The third-order valence-corrected chi connectivity index (χ3v) is 4.22. The minimum absolute atomic E-state index is 0.128. The molecule has 1 unspecified atom stereocenters. The Hall–Kier alpha value is -0.740. The summed E-state index contributed by atoms with van der Waals surface area (Å²) in [6.45, 7) is 6.74. The largest absolute Gasteiger partial charge is 0.493 e. The quantitative estimate of drug-likeness (QED) is 0.746. The zero-order chi connectivity index (χ0) is 13.8. The van der Waals surface area contributed by atoms with E-state index in [1.165, 1.54) is 6.07 Å². The van der Waals surface area contributed by atoms with E-state index in [4.69, 9.17) is 15.4 Å². The topological polar surface area (TPSA) is 43.4 Å². The molecule has 5 heteroatoms. The van der Waals surface area contributed by atoms with Gasteiger partial charge in [0, 0.05) is 10.7 Å². The maximum absolute atomic E-state index is 11.3. The number of benzene rings is 1. The van der Waals surface area contributed by atoms with Crippen LogP contribution in [0.4, 0.5) is 0 Å². The van der Waals surface area contributed by atoms with Crippen LogP contribution in [0.1, 0.15) is 45.1 Å². The van der Waals surface area contributed by atoms with Crippen LogP contribution in [-0.2, 0) is 9.05 Å². The first-order valence-electron chi connectivity index (χ1n) is 6.11. The van der Waals surface area contributed by atoms with Crippen molar-refractivity contribution in [2.24, 2.45) is 0 Å². The summed E-state index contributed by atoms with van der Waals surface area (Å²) >= 11 is 0. The summed E-state index contributed by atoms with van der Waals surface area (Å²) in [5.41, 5.74) is 0.896. The van der Waals surface area contributed by atoms with Gasteiger partial charge >= 0.3 is 0 Å². The number of hydrogen-bond acceptors (Lipinski definition) is 3. The second kappa shape index (κ2) is 6.43. The predicted octanol–water partition coefficient (Wildman–Crippen LogP) is 3.92. The summed E-state index contributed by atoms with van der Waals surface area (Å²) in [5.74, 6) is 0.977. The van der Waals surface area contributed by atoms with Gasteiger partial charge in [0.1, 0.15) is 5.75 Å². The molecule has 0 bridgehead atoms. The second-order valence-corrected chi connectivity index (χ2v) is 6.86. The molecule has 0 spiro atoms. The lowest BCUT2D eigenvalue weighted by molar-refractivity contribution is 0.312. The Balaban J connectivity index is 3.20. The van der Waals surface area contributed by atoms with Crippen LogP contribution < -0.4 is 4.74 Å². The van der Waals surface area contributed by atoms with E-state index in [9.17, 15) is 8.42 Å². The third kappa shape index (κ3) is 3.89. The summed E-state index contributed by atoms with van der Waals surface area (Å²) in [6, 6.07) is 4.78. The van der Waals surface area contributed by atoms with Gasteiger partial charge in [0.15, 0.2) is 0 Å². The van der Waals surface area contributed by atoms with Gasteiger partial charge in [-0.1, -0.05) is 20.8 Å². The van der Waals surface area contributed by atoms with Gasteiger partial charge in [0.2, 0.25) is 0 Å². The fourth-order valence-electron chi connectivity index (χ4n) is 1.63. The standard InChI is InChI=1S/C13H19ClO3S/c1-4-8-17-13-7-6-11(18(14,15)16)9-12(13)10(3)5-2/h6-7,9-10H,4-5,8H2,1-3H3. The molecule has 0 N–H and O–H groups in total. The lowest BCUT2D eigenvalue weighted by Gasteiger charge is -2.16. The Kier molecular flexibility index (Phi) is 5.47. The predicted molar refractivity (Wildman–Crippen MR) is 74.0 cm³/mol. The molecule has 0 saturated heterocycles. The Morgan fingerprint density at radius 3 is 2.50 bits per heavy atom. The van der Waals surface area contributed by atoms with Crippen molar-refractivity contribution in [3.8, 4) is 5.75 Å². The molecule has 0 aromatic heterocycles. The van der Waals surface area contributed by atoms with Gasteiger partial charge in [0.25, 0.3) is 9.05 Å². The molecule has 0 saturated carbocycles. The fourth-order valence-corrected chi connectivity index (χ4v) is 2.41. The molecule has 3 nitrogen and oxygen atoms in total. The molecule has 102 valence electrons. The van der Waals surface area contributed by atoms with E-state index in [1.54, 1.807) is 12.1 Å². The molecule has 0 aliphatic carbocycles. The van der Waals surface area contributed by atoms with Gasteiger partial charge in [-0.3, -0.25) is 0 Å². The molecule has 0 heterocycles. The number of rotatable bonds is 6. The third-order valence-electron chi connectivity index (χ3n) is 2.87. The van der Waals surface area contributed by atoms with E-state index in [2.05, 4.69) is 6.92 Å². The van der Waals surface area contributed by atoms with E-state index in [0.29, 0.717) is 6.61 Å². The smallest absolute Gasteiger partial charge is 0.261 e. The molecule has 0 aliphatic rings. The minimum Gasteiger partial charge on any atom is -0.493 e. The van der Waals surface area contributed by atoms with Crippen LogP contribution in [-0.4, -0.2) is 15.0 Å². The average molecular weight is 291 g/mol. The van der Waals surface area contributed by atoms with Crippen molar-refractivity contribution in [3.63, 3.8) is 0 Å². The van der Waals surface area contributed by atoms with Gasteiger partial charge in [-0.05, 0) is 42.5 Å². The van der Waals surface area contributed by atoms with Crippen LogP contribution in [0.2, 0.25) is 0 Å². The van der Waals surface area contributed by atoms with Crippen molar-refractivity contribution in [1.29, 1.82) is 0 Å². The highest BCUT2D eigenvalue weighted by atomic mass is 35.7. The number of hydrogen-bond donors (Lipinski definition) is 0. The summed E-state index contributed by atoms with van der Waals surface area (Å²) in [7, 11) is 1.68. The van der Waals surface area contributed by atoms with Crippen LogP contribution in [0.5, 0.6) is 5.75 Å². The van der Waals surface area contributed by atoms with Gasteiger partial charge in [-0.2, -0.15) is 0 Å². The Labute approximate surface area is 114 Å². The van der Waals surface area contributed by atoms with Gasteiger partial charge in [0.05, 0.1) is 11.5 Å². The van der Waals surface area contributed by atoms with E-state index >= 15 is 0 Å². The Bertz CT molecular complexity index is 497. The second-order valence-electron chi connectivity index (χ2n) is 4.30. The molecular formula is C13H19ClO3S. The van der Waals surface area contributed by atoms with E-state index < -0.39 is 9.05 Å². The lowest BCUT2D eigenvalue weighted by atomic mass is 9.98. The molecule has 0 radical (unpaired) electrons. The van der Waals surface area contributed by atoms with Crippen molar-refractivity contribution in [1.82, 2.24) is 0 Å². The molecule has 0 fully saturated rings. The van der Waals surface area contributed by atoms with Crippen molar-refractivity contribution in [2.45, 2.75) is 44.4 Å². The Morgan fingerprint density at radius 1 is 1.33 bits per heavy atom. The molecule has 1 atom stereocenters. The highest BCUT2D eigenvalue weighted by molar-refractivity contribution is 8.13. The first-order valence-corrected chi connectivity index (χ1v) is 8.42. The van der Waals surface area contributed by atoms with Gasteiger partial charge in [-0.15, -0.1) is 0 Å². The van der Waals surface area contributed by atoms with Crippen molar-refractivity contribution < 1.29 is 13.2 Å². The molecular weight excluding hydrogens is 272 g/mol. The molecule has 18 heavy (non-hydrogen) atoms. The lowest BCUT2D eigenvalue weighted by Crippen LogP contribution is -2.03. The van der Waals surface area contributed by atoms with Crippen molar-refractivity contribution in [3.05, 3.63) is 23.8 Å². The van der Waals surface area contributed by atoms with Crippen LogP contribution in [0.25, 0.3) is 0 Å². The average Bonchev–Trinajstić information content (AvgIpc) is 2.34. The molecule has 0 amide bonds. The summed E-state index contributed by atoms with van der Waals surface area (Å²) < 4.78 is 28.3. The molecule has 1 rings (SSSR count). The molecule has 0 aliphatic heterocycles. The Morgan fingerprint density at radius 2 is 2.00 bits per heavy atom. The number of halogens is 1. The monoisotopic (exact) mass is 290 g/mol. The van der Waals surface area contributed by atoms with E-state index in [1.807, 2.05) is 13.8 Å². The van der Waals surface area contributed by atoms with Crippen LogP contribution in [0.3, 0.4) is 0 Å². The summed E-state index contributed by atoms with van der Waals surface area (Å²) in [6.07, 6.45) is 1.82. The van der Waals surface area contributed by atoms with Crippen molar-refractivity contribution >= 4 is 19.7 Å². The van der Waals surface area contributed by atoms with E-state index in [0.717, 1.165) is 24.2 Å². The minimum atomic E-state index is -3.69. The normalized spacial score (nSPS) is 13.3. The van der Waals surface area contributed by atoms with E-state index in [-0.39, 0.29) is 10.8 Å². The first-order chi connectivity index (χ1) is 8.40. The summed E-state index contributed by atoms with van der Waals surface area (Å²) in [5, 5.41) is 0. The first kappa shape index (κ1) is 15.3. The maximum Gasteiger partial charge on any atom is 0.261 e. The van der Waals surface area contributed by atoms with Gasteiger partial charge < -0.3 is 4.74 Å². The SMILES string of the molecule is CCCOc1ccc(S(=O)(=O)Cl)cc1C(C)CC. The highest BCUT2D eigenvalue weighted by Crippen LogP contribution is 2.32. The molecule has 1 aromatic carbocycles. The van der Waals surface area contributed by atoms with Crippen LogP contribution >= 0.6 is 10.7 Å². The molecule has 1 aromatic rings. The maximum atomic E-state index is 11.3. The van der Waals surface area contributed by atoms with Gasteiger partial charge in [-0.25, -0.2) is 8.42 Å². The fraction of sp³-hybridized carbons (Fsp3) is 0.538. The summed E-state index contributed by atoms with van der Waals surface area (Å²) in [4.78, 5) is 0.128. The van der Waals surface area contributed by atoms with Crippen LogP contribution in [0.15, 0.2) is 23.1 Å². The zero-order valence-corrected chi connectivity index (χ0v) is 12.5. The van der Waals surface area contributed by atoms with Crippen molar-refractivity contribution in [2.75, 3.05) is 6.61 Å². The highest BCUT2D eigenvalue weighted by Gasteiger charge is 2.16. The number of ether oxygens (including phenoxy) is 1. The zero-order valence-electron chi connectivity index (χ0n) is 10.9. The van der Waals surface area contributed by atoms with Crippen LogP contribution in [0, 0.1) is 0 Å².